The van der Waals surface area contributed by atoms with Gasteiger partial charge in [-0.1, -0.05) is 17.7 Å². The number of benzene rings is 2. The van der Waals surface area contributed by atoms with Crippen molar-refractivity contribution >= 4 is 28.6 Å². The Morgan fingerprint density at radius 2 is 1.83 bits per heavy atom. The summed E-state index contributed by atoms with van der Waals surface area (Å²) in [5.41, 5.74) is 4.17. The maximum absolute atomic E-state index is 11.4. The van der Waals surface area contributed by atoms with Crippen LogP contribution < -0.4 is 4.74 Å². The predicted molar refractivity (Wildman–Crippen MR) is 93.0 cm³/mol. The molecule has 0 amide bonds. The van der Waals surface area contributed by atoms with Gasteiger partial charge in [0.15, 0.2) is 0 Å². The van der Waals surface area contributed by atoms with Gasteiger partial charge in [0.2, 0.25) is 0 Å². The van der Waals surface area contributed by atoms with Crippen LogP contribution >= 0.6 is 11.6 Å². The molecule has 0 radical (unpaired) electrons. The Balaban J connectivity index is 2.43. The fourth-order valence-corrected chi connectivity index (χ4v) is 3.11. The van der Waals surface area contributed by atoms with E-state index in [0.717, 1.165) is 22.3 Å². The average molecular weight is 343 g/mol. The fourth-order valence-electron chi connectivity index (χ4n) is 2.82. The number of hydrogen-bond acceptors (Lipinski definition) is 4. The Bertz CT molecular complexity index is 970. The summed E-state index contributed by atoms with van der Waals surface area (Å²) in [6.07, 6.45) is 3.01. The van der Waals surface area contributed by atoms with E-state index in [9.17, 15) is 9.90 Å². The lowest BCUT2D eigenvalue weighted by Gasteiger charge is -2.16. The van der Waals surface area contributed by atoms with Gasteiger partial charge in [0.1, 0.15) is 11.3 Å². The molecule has 2 aromatic carbocycles. The summed E-state index contributed by atoms with van der Waals surface area (Å²) in [6.45, 7) is 3.81. The van der Waals surface area contributed by atoms with E-state index in [4.69, 9.17) is 16.3 Å². The quantitative estimate of drug-likeness (QED) is 0.769. The molecule has 0 aliphatic heterocycles. The molecule has 5 nitrogen and oxygen atoms in total. The highest BCUT2D eigenvalue weighted by Crippen LogP contribution is 2.41. The smallest absolute Gasteiger partial charge is 0.337 e. The van der Waals surface area contributed by atoms with E-state index < -0.39 is 5.97 Å². The van der Waals surface area contributed by atoms with Crippen molar-refractivity contribution in [1.29, 1.82) is 0 Å². The van der Waals surface area contributed by atoms with Crippen LogP contribution in [0.3, 0.4) is 0 Å². The summed E-state index contributed by atoms with van der Waals surface area (Å²) in [7, 11) is 1.60. The molecule has 122 valence electrons. The van der Waals surface area contributed by atoms with Gasteiger partial charge in [0, 0.05) is 29.1 Å². The number of aromatic nitrogens is 2. The van der Waals surface area contributed by atoms with Crippen molar-refractivity contribution in [1.82, 2.24) is 9.97 Å². The summed E-state index contributed by atoms with van der Waals surface area (Å²) in [5.74, 6) is -0.331. The van der Waals surface area contributed by atoms with Gasteiger partial charge in [0.25, 0.3) is 0 Å². The van der Waals surface area contributed by atoms with E-state index in [0.29, 0.717) is 21.8 Å². The minimum Gasteiger partial charge on any atom is -0.496 e. The topological polar surface area (TPSA) is 72.3 Å². The average Bonchev–Trinajstić information content (AvgIpc) is 2.58. The van der Waals surface area contributed by atoms with Gasteiger partial charge in [-0.2, -0.15) is 0 Å². The molecule has 6 heteroatoms. The van der Waals surface area contributed by atoms with Crippen molar-refractivity contribution in [3.8, 4) is 16.9 Å². The SMILES string of the molecule is COc1cc(C)c(Cl)c(-c2ccc(C(=O)O)c3nccnc23)c1C. The van der Waals surface area contributed by atoms with Gasteiger partial charge in [0.05, 0.1) is 23.2 Å². The van der Waals surface area contributed by atoms with E-state index in [1.165, 1.54) is 18.5 Å². The number of aryl methyl sites for hydroxylation is 1. The van der Waals surface area contributed by atoms with Gasteiger partial charge in [-0.25, -0.2) is 4.79 Å². The van der Waals surface area contributed by atoms with Crippen molar-refractivity contribution in [2.24, 2.45) is 0 Å². The number of nitrogens with zero attached hydrogens (tertiary/aromatic N) is 2. The lowest BCUT2D eigenvalue weighted by molar-refractivity contribution is 0.0699. The van der Waals surface area contributed by atoms with Crippen LogP contribution in [0, 0.1) is 13.8 Å². The zero-order chi connectivity index (χ0) is 17.4. The van der Waals surface area contributed by atoms with E-state index in [1.54, 1.807) is 13.2 Å². The molecule has 0 saturated carbocycles. The standard InChI is InChI=1S/C18H15ClN2O3/c1-9-8-13(24-3)10(2)14(15(9)19)11-4-5-12(18(22)23)17-16(11)20-6-7-21-17/h4-8H,1-3H3,(H,22,23). The second-order valence-corrected chi connectivity index (χ2v) is 5.81. The monoisotopic (exact) mass is 342 g/mol. The molecule has 0 saturated heterocycles. The van der Waals surface area contributed by atoms with Crippen LogP contribution in [0.4, 0.5) is 0 Å². The number of aromatic carboxylic acids is 1. The predicted octanol–water partition coefficient (Wildman–Crippen LogP) is 4.27. The number of carboxylic acid groups (broad SMARTS) is 1. The van der Waals surface area contributed by atoms with E-state index >= 15 is 0 Å². The normalized spacial score (nSPS) is 10.8. The van der Waals surface area contributed by atoms with E-state index in [1.807, 2.05) is 19.9 Å². The first kappa shape index (κ1) is 16.2. The first-order chi connectivity index (χ1) is 11.5. The molecule has 0 spiro atoms. The number of carbonyl (C=O) groups is 1. The highest BCUT2D eigenvalue weighted by Gasteiger charge is 2.20. The van der Waals surface area contributed by atoms with E-state index in [2.05, 4.69) is 9.97 Å². The molecular formula is C18H15ClN2O3. The van der Waals surface area contributed by atoms with Gasteiger partial charge in [-0.05, 0) is 31.5 Å². The number of methoxy groups -OCH3 is 1. The zero-order valence-electron chi connectivity index (χ0n) is 13.4. The third kappa shape index (κ3) is 2.47. The third-order valence-electron chi connectivity index (χ3n) is 4.00. The molecule has 0 fully saturated rings. The lowest BCUT2D eigenvalue weighted by atomic mass is 9.95. The maximum atomic E-state index is 11.4. The Morgan fingerprint density at radius 1 is 1.17 bits per heavy atom. The summed E-state index contributed by atoms with van der Waals surface area (Å²) < 4.78 is 5.43. The second-order valence-electron chi connectivity index (χ2n) is 5.43. The molecule has 1 heterocycles. The maximum Gasteiger partial charge on any atom is 0.337 e. The number of hydrogen-bond donors (Lipinski definition) is 1. The lowest BCUT2D eigenvalue weighted by Crippen LogP contribution is -2.02. The van der Waals surface area contributed by atoms with Crippen LogP contribution in [0.25, 0.3) is 22.2 Å². The van der Waals surface area contributed by atoms with Crippen molar-refractivity contribution in [2.45, 2.75) is 13.8 Å². The minimum absolute atomic E-state index is 0.107. The Hall–Kier alpha value is -2.66. The molecular weight excluding hydrogens is 328 g/mol. The van der Waals surface area contributed by atoms with Crippen LogP contribution in [0.15, 0.2) is 30.6 Å². The van der Waals surface area contributed by atoms with Crippen LogP contribution in [0.2, 0.25) is 5.02 Å². The fraction of sp³-hybridized carbons (Fsp3) is 0.167. The van der Waals surface area contributed by atoms with Crippen LogP contribution in [0.1, 0.15) is 21.5 Å². The van der Waals surface area contributed by atoms with Crippen molar-refractivity contribution in [3.63, 3.8) is 0 Å². The van der Waals surface area contributed by atoms with Crippen molar-refractivity contribution in [3.05, 3.63) is 52.3 Å². The first-order valence-corrected chi connectivity index (χ1v) is 7.64. The molecule has 0 atom stereocenters. The highest BCUT2D eigenvalue weighted by molar-refractivity contribution is 6.34. The summed E-state index contributed by atoms with van der Waals surface area (Å²) in [6, 6.07) is 5.12. The largest absolute Gasteiger partial charge is 0.496 e. The number of halogens is 1. The molecule has 0 bridgehead atoms. The van der Waals surface area contributed by atoms with Crippen LogP contribution in [-0.4, -0.2) is 28.2 Å². The summed E-state index contributed by atoms with van der Waals surface area (Å²) in [4.78, 5) is 20.0. The Morgan fingerprint density at radius 3 is 2.46 bits per heavy atom. The molecule has 3 rings (SSSR count). The molecule has 3 aromatic rings. The molecule has 24 heavy (non-hydrogen) atoms. The Labute approximate surface area is 143 Å². The van der Waals surface area contributed by atoms with E-state index in [-0.39, 0.29) is 5.56 Å². The van der Waals surface area contributed by atoms with Crippen LogP contribution in [0.5, 0.6) is 5.75 Å². The summed E-state index contributed by atoms with van der Waals surface area (Å²) >= 11 is 6.54. The third-order valence-corrected chi connectivity index (χ3v) is 4.49. The number of fused-ring (bicyclic) bond motifs is 1. The van der Waals surface area contributed by atoms with Crippen LogP contribution in [-0.2, 0) is 0 Å². The van der Waals surface area contributed by atoms with Gasteiger partial charge >= 0.3 is 5.97 Å². The number of carboxylic acids is 1. The number of ether oxygens (including phenoxy) is 1. The molecule has 0 aliphatic carbocycles. The molecule has 0 aliphatic rings. The van der Waals surface area contributed by atoms with Gasteiger partial charge in [-0.3, -0.25) is 9.97 Å². The van der Waals surface area contributed by atoms with Crippen molar-refractivity contribution < 1.29 is 14.6 Å². The minimum atomic E-state index is -1.04. The number of rotatable bonds is 3. The zero-order valence-corrected chi connectivity index (χ0v) is 14.2. The molecule has 1 aromatic heterocycles. The first-order valence-electron chi connectivity index (χ1n) is 7.26. The highest BCUT2D eigenvalue weighted by atomic mass is 35.5. The van der Waals surface area contributed by atoms with Crippen molar-refractivity contribution in [2.75, 3.05) is 7.11 Å². The molecule has 1 N–H and O–H groups in total. The Kier molecular flexibility index (Phi) is 4.11. The van der Waals surface area contributed by atoms with Gasteiger partial charge < -0.3 is 9.84 Å². The second kappa shape index (κ2) is 6.09. The summed E-state index contributed by atoms with van der Waals surface area (Å²) in [5, 5.41) is 9.95. The molecule has 0 unspecified atom stereocenters. The van der Waals surface area contributed by atoms with Gasteiger partial charge in [-0.15, -0.1) is 0 Å².